The van der Waals surface area contributed by atoms with Crippen LogP contribution in [0.5, 0.6) is 0 Å². The molecule has 0 atom stereocenters. The highest BCUT2D eigenvalue weighted by Crippen LogP contribution is 2.47. The van der Waals surface area contributed by atoms with E-state index in [1.165, 1.54) is 17.7 Å². The summed E-state index contributed by atoms with van der Waals surface area (Å²) in [6.07, 6.45) is 5.16. The van der Waals surface area contributed by atoms with E-state index in [1.807, 2.05) is 23.9 Å². The van der Waals surface area contributed by atoms with Gasteiger partial charge in [0.15, 0.2) is 0 Å². The Bertz CT molecular complexity index is 493. The van der Waals surface area contributed by atoms with E-state index in [0.29, 0.717) is 0 Å². The summed E-state index contributed by atoms with van der Waals surface area (Å²) >= 11 is 5.48. The minimum Gasteiger partial charge on any atom is -0.481 e. The highest BCUT2D eigenvalue weighted by molar-refractivity contribution is 9.10. The van der Waals surface area contributed by atoms with Gasteiger partial charge in [-0.25, -0.2) is 0 Å². The van der Waals surface area contributed by atoms with E-state index in [9.17, 15) is 9.90 Å². The Balaban J connectivity index is 1.88. The largest absolute Gasteiger partial charge is 0.481 e. The number of halogens is 1. The molecule has 4 heteroatoms. The van der Waals surface area contributed by atoms with Crippen molar-refractivity contribution < 1.29 is 9.90 Å². The molecule has 2 saturated carbocycles. The van der Waals surface area contributed by atoms with Gasteiger partial charge in [-0.2, -0.15) is 0 Å². The minimum absolute atomic E-state index is 0.620. The Morgan fingerprint density at radius 2 is 2.11 bits per heavy atom. The highest BCUT2D eigenvalue weighted by Gasteiger charge is 2.46. The lowest BCUT2D eigenvalue weighted by molar-refractivity contribution is -0.147. The van der Waals surface area contributed by atoms with Crippen molar-refractivity contribution in [3.05, 3.63) is 28.2 Å². The quantitative estimate of drug-likeness (QED) is 0.900. The molecule has 0 radical (unpaired) electrons. The van der Waals surface area contributed by atoms with E-state index >= 15 is 0 Å². The summed E-state index contributed by atoms with van der Waals surface area (Å²) in [5.74, 6) is -0.678. The Morgan fingerprint density at radius 1 is 1.39 bits per heavy atom. The second-order valence-corrected chi connectivity index (χ2v) is 7.40. The van der Waals surface area contributed by atoms with Gasteiger partial charge in [0.05, 0.1) is 5.41 Å². The molecule has 0 bridgehead atoms. The fourth-order valence-corrected chi connectivity index (χ4v) is 4.12. The van der Waals surface area contributed by atoms with Crippen molar-refractivity contribution in [2.24, 2.45) is 0 Å². The number of thioether (sulfide) groups is 1. The van der Waals surface area contributed by atoms with Crippen LogP contribution in [0.4, 0.5) is 0 Å². The molecular weight excluding hydrogens is 312 g/mol. The van der Waals surface area contributed by atoms with E-state index in [-0.39, 0.29) is 0 Å². The van der Waals surface area contributed by atoms with Crippen molar-refractivity contribution in [2.75, 3.05) is 0 Å². The zero-order valence-electron chi connectivity index (χ0n) is 9.99. The fourth-order valence-electron chi connectivity index (χ4n) is 2.42. The van der Waals surface area contributed by atoms with Crippen LogP contribution in [-0.2, 0) is 10.2 Å². The first-order chi connectivity index (χ1) is 8.62. The Hall–Kier alpha value is -0.480. The molecule has 18 heavy (non-hydrogen) atoms. The summed E-state index contributed by atoms with van der Waals surface area (Å²) in [4.78, 5) is 12.7. The number of carbonyl (C=O) groups is 1. The Morgan fingerprint density at radius 3 is 2.56 bits per heavy atom. The van der Waals surface area contributed by atoms with E-state index in [0.717, 1.165) is 34.5 Å². The molecule has 3 rings (SSSR count). The second-order valence-electron chi connectivity index (χ2n) is 5.20. The van der Waals surface area contributed by atoms with Crippen molar-refractivity contribution in [1.82, 2.24) is 0 Å². The van der Waals surface area contributed by atoms with Gasteiger partial charge in [0.2, 0.25) is 0 Å². The van der Waals surface area contributed by atoms with Crippen LogP contribution in [0.15, 0.2) is 27.6 Å². The van der Waals surface area contributed by atoms with Crippen LogP contribution in [0.1, 0.15) is 37.7 Å². The lowest BCUT2D eigenvalue weighted by Gasteiger charge is -2.38. The lowest BCUT2D eigenvalue weighted by atomic mass is 9.64. The SMILES string of the molecule is O=C(O)C1(c2ccc(SC3CC3)c(Br)c2)CCC1. The van der Waals surface area contributed by atoms with Gasteiger partial charge >= 0.3 is 5.97 Å². The molecule has 0 amide bonds. The molecule has 1 aromatic rings. The molecule has 2 aliphatic rings. The molecule has 2 nitrogen and oxygen atoms in total. The molecule has 2 fully saturated rings. The van der Waals surface area contributed by atoms with Gasteiger partial charge in [0.25, 0.3) is 0 Å². The van der Waals surface area contributed by atoms with Crippen molar-refractivity contribution in [3.63, 3.8) is 0 Å². The van der Waals surface area contributed by atoms with Crippen LogP contribution in [0.3, 0.4) is 0 Å². The monoisotopic (exact) mass is 326 g/mol. The highest BCUT2D eigenvalue weighted by atomic mass is 79.9. The van der Waals surface area contributed by atoms with Gasteiger partial charge in [-0.15, -0.1) is 11.8 Å². The van der Waals surface area contributed by atoms with Gasteiger partial charge in [0, 0.05) is 14.6 Å². The van der Waals surface area contributed by atoms with Gasteiger partial charge < -0.3 is 5.11 Å². The smallest absolute Gasteiger partial charge is 0.314 e. The first-order valence-electron chi connectivity index (χ1n) is 6.32. The molecule has 0 saturated heterocycles. The predicted octanol–water partition coefficient (Wildman–Crippen LogP) is 4.21. The fraction of sp³-hybridized carbons (Fsp3) is 0.500. The van der Waals surface area contributed by atoms with E-state index < -0.39 is 11.4 Å². The van der Waals surface area contributed by atoms with Crippen LogP contribution < -0.4 is 0 Å². The van der Waals surface area contributed by atoms with E-state index in [1.54, 1.807) is 0 Å². The normalized spacial score (nSPS) is 21.4. The molecule has 0 aromatic heterocycles. The number of carboxylic acid groups (broad SMARTS) is 1. The second kappa shape index (κ2) is 4.57. The van der Waals surface area contributed by atoms with Crippen molar-refractivity contribution in [2.45, 2.75) is 47.7 Å². The number of rotatable bonds is 4. The lowest BCUT2D eigenvalue weighted by Crippen LogP contribution is -2.42. The first-order valence-corrected chi connectivity index (χ1v) is 7.99. The maximum absolute atomic E-state index is 11.5. The molecule has 1 aromatic carbocycles. The van der Waals surface area contributed by atoms with E-state index in [2.05, 4.69) is 22.0 Å². The third-order valence-electron chi connectivity index (χ3n) is 3.92. The van der Waals surface area contributed by atoms with Crippen molar-refractivity contribution in [3.8, 4) is 0 Å². The van der Waals surface area contributed by atoms with Crippen LogP contribution >= 0.6 is 27.7 Å². The van der Waals surface area contributed by atoms with Crippen LogP contribution in [0, 0.1) is 0 Å². The maximum atomic E-state index is 11.5. The topological polar surface area (TPSA) is 37.3 Å². The average molecular weight is 327 g/mol. The summed E-state index contributed by atoms with van der Waals surface area (Å²) in [6, 6.07) is 6.09. The summed E-state index contributed by atoms with van der Waals surface area (Å²) in [7, 11) is 0. The first kappa shape index (κ1) is 12.5. The molecule has 0 aliphatic heterocycles. The van der Waals surface area contributed by atoms with Crippen molar-refractivity contribution >= 4 is 33.7 Å². The standard InChI is InChI=1S/C14H15BrO2S/c15-11-8-9(14(13(16)17)6-1-7-14)2-5-12(11)18-10-3-4-10/h2,5,8,10H,1,3-4,6-7H2,(H,16,17). The van der Waals surface area contributed by atoms with Crippen molar-refractivity contribution in [1.29, 1.82) is 0 Å². The number of hydrogen-bond donors (Lipinski definition) is 1. The molecule has 0 heterocycles. The zero-order chi connectivity index (χ0) is 12.8. The predicted molar refractivity (Wildman–Crippen MR) is 76.2 cm³/mol. The minimum atomic E-state index is -0.678. The number of aliphatic carboxylic acids is 1. The summed E-state index contributed by atoms with van der Waals surface area (Å²) < 4.78 is 1.05. The Labute approximate surface area is 119 Å². The summed E-state index contributed by atoms with van der Waals surface area (Å²) in [5, 5.41) is 10.2. The molecular formula is C14H15BrO2S. The molecule has 2 aliphatic carbocycles. The van der Waals surface area contributed by atoms with Gasteiger partial charge in [-0.05, 0) is 59.3 Å². The summed E-state index contributed by atoms with van der Waals surface area (Å²) in [5.41, 5.74) is 0.332. The maximum Gasteiger partial charge on any atom is 0.314 e. The van der Waals surface area contributed by atoms with E-state index in [4.69, 9.17) is 0 Å². The number of benzene rings is 1. The third kappa shape index (κ3) is 2.10. The van der Waals surface area contributed by atoms with Crippen LogP contribution in [-0.4, -0.2) is 16.3 Å². The molecule has 96 valence electrons. The van der Waals surface area contributed by atoms with Crippen LogP contribution in [0.2, 0.25) is 0 Å². The molecule has 0 spiro atoms. The third-order valence-corrected chi connectivity index (χ3v) is 6.25. The number of hydrogen-bond acceptors (Lipinski definition) is 2. The zero-order valence-corrected chi connectivity index (χ0v) is 12.4. The average Bonchev–Trinajstić information content (AvgIpc) is 3.03. The van der Waals surface area contributed by atoms with Gasteiger partial charge in [-0.1, -0.05) is 12.5 Å². The molecule has 1 N–H and O–H groups in total. The Kier molecular flexibility index (Phi) is 3.18. The summed E-state index contributed by atoms with van der Waals surface area (Å²) in [6.45, 7) is 0. The molecule has 0 unspecified atom stereocenters. The number of carboxylic acids is 1. The van der Waals surface area contributed by atoms with Crippen LogP contribution in [0.25, 0.3) is 0 Å². The van der Waals surface area contributed by atoms with Gasteiger partial charge in [0.1, 0.15) is 0 Å². The van der Waals surface area contributed by atoms with Gasteiger partial charge in [-0.3, -0.25) is 4.79 Å².